The Morgan fingerprint density at radius 1 is 1.35 bits per heavy atom. The van der Waals surface area contributed by atoms with Gasteiger partial charge in [0.05, 0.1) is 6.54 Å². The molecule has 2 rings (SSSR count). The van der Waals surface area contributed by atoms with Crippen LogP contribution in [0.4, 0.5) is 0 Å². The van der Waals surface area contributed by atoms with Gasteiger partial charge in [-0.25, -0.2) is 9.78 Å². The molecule has 0 radical (unpaired) electrons. The number of nitrogens with two attached hydrogens (primary N) is 1. The number of thiazole rings is 1. The zero-order chi connectivity index (χ0) is 14.5. The fraction of sp³-hybridized carbons (Fsp3) is 0.154. The molecule has 0 saturated heterocycles. The number of amides is 1. The van der Waals surface area contributed by atoms with Crippen LogP contribution in [0.2, 0.25) is 0 Å². The molecule has 0 bridgehead atoms. The lowest BCUT2D eigenvalue weighted by atomic mass is 10.1. The van der Waals surface area contributed by atoms with Crippen molar-refractivity contribution in [2.45, 2.75) is 12.6 Å². The molecule has 1 heterocycles. The zero-order valence-corrected chi connectivity index (χ0v) is 11.3. The number of carbonyl (C=O) groups is 2. The molecule has 6 nitrogen and oxygen atoms in total. The monoisotopic (exact) mass is 291 g/mol. The van der Waals surface area contributed by atoms with E-state index in [1.54, 1.807) is 12.1 Å². The maximum Gasteiger partial charge on any atom is 0.355 e. The van der Waals surface area contributed by atoms with Crippen molar-refractivity contribution in [2.75, 3.05) is 0 Å². The molecule has 0 fully saturated rings. The van der Waals surface area contributed by atoms with Gasteiger partial charge in [-0.3, -0.25) is 4.79 Å². The number of carboxylic acids is 1. The highest BCUT2D eigenvalue weighted by atomic mass is 32.1. The van der Waals surface area contributed by atoms with Crippen molar-refractivity contribution < 1.29 is 14.7 Å². The van der Waals surface area contributed by atoms with E-state index in [1.807, 2.05) is 18.2 Å². The summed E-state index contributed by atoms with van der Waals surface area (Å²) in [7, 11) is 0. The third-order valence-electron chi connectivity index (χ3n) is 2.63. The first-order chi connectivity index (χ1) is 9.58. The Bertz CT molecular complexity index is 612. The van der Waals surface area contributed by atoms with Crippen molar-refractivity contribution in [1.82, 2.24) is 10.3 Å². The van der Waals surface area contributed by atoms with Gasteiger partial charge in [-0.2, -0.15) is 0 Å². The van der Waals surface area contributed by atoms with Crippen LogP contribution in [0.1, 0.15) is 27.1 Å². The molecule has 0 saturated carbocycles. The number of hydrogen-bond donors (Lipinski definition) is 3. The van der Waals surface area contributed by atoms with Crippen LogP contribution in [0.15, 0.2) is 35.7 Å². The average molecular weight is 291 g/mol. The summed E-state index contributed by atoms with van der Waals surface area (Å²) >= 11 is 1.18. The Labute approximate surface area is 119 Å². The number of aromatic carboxylic acids is 1. The molecule has 1 aromatic carbocycles. The molecule has 104 valence electrons. The molecule has 4 N–H and O–H groups in total. The summed E-state index contributed by atoms with van der Waals surface area (Å²) < 4.78 is 0. The number of aromatic nitrogens is 1. The van der Waals surface area contributed by atoms with E-state index in [2.05, 4.69) is 10.3 Å². The van der Waals surface area contributed by atoms with Gasteiger partial charge < -0.3 is 16.2 Å². The van der Waals surface area contributed by atoms with Gasteiger partial charge >= 0.3 is 5.97 Å². The molecule has 0 aliphatic heterocycles. The van der Waals surface area contributed by atoms with E-state index in [1.165, 1.54) is 16.7 Å². The van der Waals surface area contributed by atoms with Gasteiger partial charge in [0.15, 0.2) is 5.69 Å². The minimum atomic E-state index is -1.08. The van der Waals surface area contributed by atoms with E-state index in [0.717, 1.165) is 5.56 Å². The summed E-state index contributed by atoms with van der Waals surface area (Å²) in [6, 6.07) is 8.25. The number of nitrogens with zero attached hydrogens (tertiary/aromatic N) is 1. The van der Waals surface area contributed by atoms with Crippen molar-refractivity contribution >= 4 is 23.2 Å². The highest BCUT2D eigenvalue weighted by Gasteiger charge is 2.16. The van der Waals surface area contributed by atoms with Crippen LogP contribution in [0.5, 0.6) is 0 Å². The van der Waals surface area contributed by atoms with Gasteiger partial charge in [0, 0.05) is 5.38 Å². The molecule has 20 heavy (non-hydrogen) atoms. The molecule has 2 aromatic rings. The van der Waals surface area contributed by atoms with Crippen LogP contribution in [-0.2, 0) is 11.3 Å². The minimum Gasteiger partial charge on any atom is -0.476 e. The third-order valence-corrected chi connectivity index (χ3v) is 3.47. The van der Waals surface area contributed by atoms with Gasteiger partial charge in [0.1, 0.15) is 11.0 Å². The van der Waals surface area contributed by atoms with Crippen LogP contribution in [0.3, 0.4) is 0 Å². The molecule has 0 aliphatic rings. The first-order valence-electron chi connectivity index (χ1n) is 5.84. The lowest BCUT2D eigenvalue weighted by Crippen LogP contribution is -2.33. The number of rotatable bonds is 5. The van der Waals surface area contributed by atoms with E-state index in [4.69, 9.17) is 10.8 Å². The summed E-state index contributed by atoms with van der Waals surface area (Å²) in [4.78, 5) is 26.4. The van der Waals surface area contributed by atoms with Crippen molar-refractivity contribution in [3.63, 3.8) is 0 Å². The summed E-state index contributed by atoms with van der Waals surface area (Å²) in [6.07, 6.45) is 0. The largest absolute Gasteiger partial charge is 0.476 e. The van der Waals surface area contributed by atoms with Crippen LogP contribution >= 0.6 is 11.3 Å². The normalized spacial score (nSPS) is 11.8. The number of carbonyl (C=O) groups excluding carboxylic acids is 1. The topological polar surface area (TPSA) is 105 Å². The Hall–Kier alpha value is -2.25. The van der Waals surface area contributed by atoms with Crippen molar-refractivity contribution in [2.24, 2.45) is 5.73 Å². The summed E-state index contributed by atoms with van der Waals surface area (Å²) in [6.45, 7) is 0.164. The number of carboxylic acid groups (broad SMARTS) is 1. The molecule has 0 aliphatic carbocycles. The second kappa shape index (κ2) is 6.27. The predicted molar refractivity (Wildman–Crippen MR) is 74.3 cm³/mol. The van der Waals surface area contributed by atoms with Crippen LogP contribution in [-0.4, -0.2) is 22.0 Å². The van der Waals surface area contributed by atoms with E-state index >= 15 is 0 Å². The zero-order valence-electron chi connectivity index (χ0n) is 10.4. The Balaban J connectivity index is 1.93. The standard InChI is InChI=1S/C13H13N3O3S/c14-11(8-4-2-1-3-5-8)12(17)15-6-10-16-9(7-20-10)13(18)19/h1-5,7,11H,6,14H2,(H,15,17)(H,18,19)/t11-/m1/s1. The van der Waals surface area contributed by atoms with Gasteiger partial charge in [0.25, 0.3) is 0 Å². The van der Waals surface area contributed by atoms with Gasteiger partial charge in [-0.05, 0) is 5.56 Å². The van der Waals surface area contributed by atoms with Crippen LogP contribution < -0.4 is 11.1 Å². The van der Waals surface area contributed by atoms with Gasteiger partial charge in [0.2, 0.25) is 5.91 Å². The first-order valence-corrected chi connectivity index (χ1v) is 6.72. The minimum absolute atomic E-state index is 0.0217. The number of hydrogen-bond acceptors (Lipinski definition) is 5. The highest BCUT2D eigenvalue weighted by molar-refractivity contribution is 7.09. The predicted octanol–water partition coefficient (Wildman–Crippen LogP) is 1.16. The summed E-state index contributed by atoms with van der Waals surface area (Å²) in [5, 5.41) is 13.3. The molecule has 7 heteroatoms. The molecule has 0 spiro atoms. The SMILES string of the molecule is N[C@@H](C(=O)NCc1nc(C(=O)O)cs1)c1ccccc1. The van der Waals surface area contributed by atoms with Crippen LogP contribution in [0, 0.1) is 0 Å². The van der Waals surface area contributed by atoms with Crippen molar-refractivity contribution in [3.05, 3.63) is 52.0 Å². The Morgan fingerprint density at radius 3 is 2.65 bits per heavy atom. The first kappa shape index (κ1) is 14.2. The lowest BCUT2D eigenvalue weighted by Gasteiger charge is -2.11. The van der Waals surface area contributed by atoms with E-state index in [-0.39, 0.29) is 18.1 Å². The van der Waals surface area contributed by atoms with Crippen molar-refractivity contribution in [3.8, 4) is 0 Å². The second-order valence-corrected chi connectivity index (χ2v) is 4.98. The highest BCUT2D eigenvalue weighted by Crippen LogP contribution is 2.12. The van der Waals surface area contributed by atoms with Gasteiger partial charge in [-0.15, -0.1) is 11.3 Å². The van der Waals surface area contributed by atoms with E-state index < -0.39 is 12.0 Å². The van der Waals surface area contributed by atoms with E-state index in [9.17, 15) is 9.59 Å². The molecule has 1 aromatic heterocycles. The average Bonchev–Trinajstić information content (AvgIpc) is 2.94. The molecular formula is C13H13N3O3S. The maximum atomic E-state index is 11.9. The number of benzene rings is 1. The molecule has 0 unspecified atom stereocenters. The third kappa shape index (κ3) is 3.40. The molecule has 1 atom stereocenters. The molecular weight excluding hydrogens is 278 g/mol. The Kier molecular flexibility index (Phi) is 4.44. The van der Waals surface area contributed by atoms with E-state index in [0.29, 0.717) is 5.01 Å². The smallest absolute Gasteiger partial charge is 0.355 e. The molecule has 1 amide bonds. The van der Waals surface area contributed by atoms with Crippen LogP contribution in [0.25, 0.3) is 0 Å². The number of nitrogens with one attached hydrogen (secondary N) is 1. The maximum absolute atomic E-state index is 11.9. The summed E-state index contributed by atoms with van der Waals surface area (Å²) in [5.41, 5.74) is 6.53. The Morgan fingerprint density at radius 2 is 2.05 bits per heavy atom. The van der Waals surface area contributed by atoms with Gasteiger partial charge in [-0.1, -0.05) is 30.3 Å². The van der Waals surface area contributed by atoms with Crippen molar-refractivity contribution in [1.29, 1.82) is 0 Å². The lowest BCUT2D eigenvalue weighted by molar-refractivity contribution is -0.122. The quantitative estimate of drug-likeness (QED) is 0.766. The summed E-state index contributed by atoms with van der Waals surface area (Å²) in [5.74, 6) is -1.41. The fourth-order valence-corrected chi connectivity index (χ4v) is 2.28. The fourth-order valence-electron chi connectivity index (χ4n) is 1.57. The second-order valence-electron chi connectivity index (χ2n) is 4.04.